The van der Waals surface area contributed by atoms with Gasteiger partial charge in [0.2, 0.25) is 0 Å². The molecule has 1 aliphatic heterocycles. The van der Waals surface area contributed by atoms with E-state index in [9.17, 15) is 19.5 Å². The number of hydrogen-bond donors (Lipinski definition) is 1. The van der Waals surface area contributed by atoms with Gasteiger partial charge in [0.15, 0.2) is 0 Å². The summed E-state index contributed by atoms with van der Waals surface area (Å²) in [5, 5.41) is 11.3. The van der Waals surface area contributed by atoms with Crippen molar-refractivity contribution in [3.63, 3.8) is 0 Å². The van der Waals surface area contributed by atoms with Gasteiger partial charge in [-0.25, -0.2) is 4.79 Å². The zero-order chi connectivity index (χ0) is 26.2. The number of rotatable bonds is 11. The third-order valence-electron chi connectivity index (χ3n) is 6.32. The van der Waals surface area contributed by atoms with Gasteiger partial charge in [0.05, 0.1) is 30.9 Å². The molecule has 192 valence electrons. The Bertz CT molecular complexity index is 1120. The predicted octanol–water partition coefficient (Wildman–Crippen LogP) is 4.03. The van der Waals surface area contributed by atoms with Crippen LogP contribution in [-0.2, 0) is 14.3 Å². The zero-order valence-corrected chi connectivity index (χ0v) is 21.3. The minimum atomic E-state index is -0.799. The maximum Gasteiger partial charge on any atom is 0.337 e. The molecular formula is C28H34N2O6. The topological polar surface area (TPSA) is 96.4 Å². The number of likely N-dealkylation sites (tertiary alicyclic amines) is 1. The molecule has 1 aliphatic rings. The molecule has 1 amide bonds. The van der Waals surface area contributed by atoms with E-state index in [-0.39, 0.29) is 11.3 Å². The lowest BCUT2D eigenvalue weighted by molar-refractivity contribution is -0.140. The van der Waals surface area contributed by atoms with Crippen molar-refractivity contribution in [2.45, 2.75) is 33.2 Å². The maximum atomic E-state index is 13.2. The summed E-state index contributed by atoms with van der Waals surface area (Å²) >= 11 is 0. The van der Waals surface area contributed by atoms with Crippen LogP contribution in [0.15, 0.2) is 54.1 Å². The van der Waals surface area contributed by atoms with Gasteiger partial charge in [0, 0.05) is 18.7 Å². The van der Waals surface area contributed by atoms with Crippen molar-refractivity contribution >= 4 is 23.4 Å². The minimum Gasteiger partial charge on any atom is -0.507 e. The van der Waals surface area contributed by atoms with Crippen LogP contribution >= 0.6 is 0 Å². The van der Waals surface area contributed by atoms with Crippen molar-refractivity contribution in [2.24, 2.45) is 0 Å². The number of aliphatic hydroxyl groups is 1. The summed E-state index contributed by atoms with van der Waals surface area (Å²) in [5.41, 5.74) is 1.36. The molecule has 0 bridgehead atoms. The molecule has 1 atom stereocenters. The number of ketones is 1. The van der Waals surface area contributed by atoms with Gasteiger partial charge >= 0.3 is 5.97 Å². The first kappa shape index (κ1) is 26.9. The molecule has 8 heteroatoms. The molecule has 2 aromatic rings. The molecule has 3 rings (SSSR count). The molecule has 2 aromatic carbocycles. The summed E-state index contributed by atoms with van der Waals surface area (Å²) < 4.78 is 10.5. The normalized spacial score (nSPS) is 17.0. The van der Waals surface area contributed by atoms with E-state index in [2.05, 4.69) is 4.90 Å². The number of benzene rings is 2. The van der Waals surface area contributed by atoms with Crippen LogP contribution in [0, 0.1) is 0 Å². The third-order valence-corrected chi connectivity index (χ3v) is 6.32. The van der Waals surface area contributed by atoms with Gasteiger partial charge in [-0.2, -0.15) is 0 Å². The number of likely N-dealkylation sites (N-methyl/N-ethyl adjacent to an activating group) is 1. The molecule has 0 spiro atoms. The lowest BCUT2D eigenvalue weighted by Crippen LogP contribution is -2.38. The maximum absolute atomic E-state index is 13.2. The fourth-order valence-corrected chi connectivity index (χ4v) is 4.27. The second kappa shape index (κ2) is 12.4. The Balaban J connectivity index is 2.08. The van der Waals surface area contributed by atoms with E-state index in [1.54, 1.807) is 48.5 Å². The fraction of sp³-hybridized carbons (Fsp3) is 0.393. The van der Waals surface area contributed by atoms with Gasteiger partial charge in [0.25, 0.3) is 11.7 Å². The number of aliphatic hydroxyl groups excluding tert-OH is 1. The van der Waals surface area contributed by atoms with Crippen LogP contribution in [0.1, 0.15) is 54.7 Å². The number of Topliss-reactive ketones (excluding diaryl/α,β-unsaturated/α-hetero) is 1. The average Bonchev–Trinajstić information content (AvgIpc) is 3.16. The highest BCUT2D eigenvalue weighted by Crippen LogP contribution is 2.39. The number of esters is 1. The van der Waals surface area contributed by atoms with Crippen LogP contribution in [-0.4, -0.2) is 72.5 Å². The van der Waals surface area contributed by atoms with Crippen LogP contribution in [0.25, 0.3) is 5.76 Å². The molecule has 36 heavy (non-hydrogen) atoms. The largest absolute Gasteiger partial charge is 0.507 e. The second-order valence-corrected chi connectivity index (χ2v) is 8.51. The Morgan fingerprint density at radius 3 is 2.33 bits per heavy atom. The van der Waals surface area contributed by atoms with Crippen LogP contribution in [0.5, 0.6) is 5.75 Å². The Morgan fingerprint density at radius 1 is 1.03 bits per heavy atom. The molecule has 1 saturated heterocycles. The summed E-state index contributed by atoms with van der Waals surface area (Å²) in [6.45, 7) is 9.10. The number of ether oxygens (including phenoxy) is 2. The van der Waals surface area contributed by atoms with Crippen LogP contribution < -0.4 is 4.74 Å². The van der Waals surface area contributed by atoms with Crippen molar-refractivity contribution in [3.8, 4) is 5.75 Å². The van der Waals surface area contributed by atoms with Crippen LogP contribution in [0.2, 0.25) is 0 Å². The molecular weight excluding hydrogens is 460 g/mol. The molecule has 1 N–H and O–H groups in total. The van der Waals surface area contributed by atoms with E-state index in [0.29, 0.717) is 42.1 Å². The average molecular weight is 495 g/mol. The van der Waals surface area contributed by atoms with E-state index in [1.807, 2.05) is 20.8 Å². The Labute approximate surface area is 212 Å². The fourth-order valence-electron chi connectivity index (χ4n) is 4.27. The standard InChI is InChI=1S/C28H34N2O6/c1-5-17-36-22-10-8-9-21(18-22)25(31)23-24(19-11-13-20(14-12-19)28(34)35-4)30(27(33)26(23)32)16-15-29(6-2)7-3/h8-14,18,24,31H,5-7,15-17H2,1-4H3/b25-23+. The van der Waals surface area contributed by atoms with Crippen molar-refractivity contribution in [3.05, 3.63) is 70.8 Å². The number of carbonyl (C=O) groups excluding carboxylic acids is 3. The Morgan fingerprint density at radius 2 is 1.72 bits per heavy atom. The first-order valence-electron chi connectivity index (χ1n) is 12.3. The van der Waals surface area contributed by atoms with Crippen molar-refractivity contribution in [1.82, 2.24) is 9.80 Å². The van der Waals surface area contributed by atoms with Gasteiger partial charge < -0.3 is 24.4 Å². The molecule has 1 fully saturated rings. The van der Waals surface area contributed by atoms with Gasteiger partial charge in [-0.3, -0.25) is 9.59 Å². The molecule has 0 radical (unpaired) electrons. The minimum absolute atomic E-state index is 0.0120. The van der Waals surface area contributed by atoms with Gasteiger partial charge in [-0.15, -0.1) is 0 Å². The summed E-state index contributed by atoms with van der Waals surface area (Å²) in [5.74, 6) is -1.59. The second-order valence-electron chi connectivity index (χ2n) is 8.51. The lowest BCUT2D eigenvalue weighted by Gasteiger charge is -2.28. The van der Waals surface area contributed by atoms with Gasteiger partial charge in [-0.1, -0.05) is 45.0 Å². The number of methoxy groups -OCH3 is 1. The molecule has 0 saturated carbocycles. The number of carbonyl (C=O) groups is 3. The highest BCUT2D eigenvalue weighted by molar-refractivity contribution is 6.46. The molecule has 0 aromatic heterocycles. The highest BCUT2D eigenvalue weighted by Gasteiger charge is 2.46. The van der Waals surface area contributed by atoms with E-state index < -0.39 is 23.7 Å². The number of nitrogens with zero attached hydrogens (tertiary/aromatic N) is 2. The van der Waals surface area contributed by atoms with Gasteiger partial charge in [0.1, 0.15) is 11.5 Å². The molecule has 0 aliphatic carbocycles. The molecule has 1 heterocycles. The third kappa shape index (κ3) is 5.76. The number of amides is 1. The molecule has 1 unspecified atom stereocenters. The van der Waals surface area contributed by atoms with E-state index in [4.69, 9.17) is 9.47 Å². The van der Waals surface area contributed by atoms with E-state index in [1.165, 1.54) is 12.0 Å². The quantitative estimate of drug-likeness (QED) is 0.218. The van der Waals surface area contributed by atoms with E-state index in [0.717, 1.165) is 19.5 Å². The summed E-state index contributed by atoms with van der Waals surface area (Å²) in [7, 11) is 1.30. The lowest BCUT2D eigenvalue weighted by atomic mass is 9.94. The highest BCUT2D eigenvalue weighted by atomic mass is 16.5. The van der Waals surface area contributed by atoms with Crippen molar-refractivity contribution in [2.75, 3.05) is 39.9 Å². The summed E-state index contributed by atoms with van der Waals surface area (Å²) in [4.78, 5) is 42.0. The number of hydrogen-bond acceptors (Lipinski definition) is 7. The SMILES string of the molecule is CCCOc1cccc(/C(O)=C2\C(=O)C(=O)N(CCN(CC)CC)C2c2ccc(C(=O)OC)cc2)c1. The first-order chi connectivity index (χ1) is 17.4. The Kier molecular flexibility index (Phi) is 9.25. The van der Waals surface area contributed by atoms with Gasteiger partial charge in [-0.05, 0) is 49.3 Å². The molecule has 8 nitrogen and oxygen atoms in total. The summed E-state index contributed by atoms with van der Waals surface area (Å²) in [6.07, 6.45) is 0.829. The Hall–Kier alpha value is -3.65. The summed E-state index contributed by atoms with van der Waals surface area (Å²) in [6, 6.07) is 12.6. The first-order valence-corrected chi connectivity index (χ1v) is 12.3. The predicted molar refractivity (Wildman–Crippen MR) is 137 cm³/mol. The van der Waals surface area contributed by atoms with Crippen molar-refractivity contribution in [1.29, 1.82) is 0 Å². The smallest absolute Gasteiger partial charge is 0.337 e. The monoisotopic (exact) mass is 494 g/mol. The van der Waals surface area contributed by atoms with Crippen molar-refractivity contribution < 1.29 is 29.0 Å². The zero-order valence-electron chi connectivity index (χ0n) is 21.3. The van der Waals surface area contributed by atoms with E-state index >= 15 is 0 Å². The van der Waals surface area contributed by atoms with Crippen LogP contribution in [0.3, 0.4) is 0 Å². The van der Waals surface area contributed by atoms with Crippen LogP contribution in [0.4, 0.5) is 0 Å².